The van der Waals surface area contributed by atoms with E-state index in [0.717, 1.165) is 18.4 Å². The lowest BCUT2D eigenvalue weighted by Crippen LogP contribution is -2.55. The number of methoxy groups -OCH3 is 1. The SMILES string of the molecule is COCc1cccc([C@H](C(=O)O)N2CCN(C3CCCC3)C(=O)C2)c1. The van der Waals surface area contributed by atoms with Gasteiger partial charge in [0.25, 0.3) is 0 Å². The van der Waals surface area contributed by atoms with Gasteiger partial charge in [-0.2, -0.15) is 0 Å². The zero-order valence-electron chi connectivity index (χ0n) is 14.7. The van der Waals surface area contributed by atoms with Gasteiger partial charge in [-0.05, 0) is 24.0 Å². The van der Waals surface area contributed by atoms with E-state index in [0.29, 0.717) is 31.3 Å². The van der Waals surface area contributed by atoms with Crippen molar-refractivity contribution >= 4 is 11.9 Å². The smallest absolute Gasteiger partial charge is 0.325 e. The maximum absolute atomic E-state index is 12.6. The number of benzene rings is 1. The quantitative estimate of drug-likeness (QED) is 0.854. The van der Waals surface area contributed by atoms with Crippen molar-refractivity contribution in [1.29, 1.82) is 0 Å². The Bertz CT molecular complexity index is 628. The Morgan fingerprint density at radius 3 is 2.72 bits per heavy atom. The Balaban J connectivity index is 1.74. The van der Waals surface area contributed by atoms with Crippen LogP contribution >= 0.6 is 0 Å². The number of aliphatic carboxylic acids is 1. The van der Waals surface area contributed by atoms with Crippen LogP contribution in [-0.4, -0.2) is 59.6 Å². The molecule has 1 aromatic rings. The molecule has 1 amide bonds. The Hall–Kier alpha value is -1.92. The van der Waals surface area contributed by atoms with Crippen LogP contribution in [0.1, 0.15) is 42.9 Å². The van der Waals surface area contributed by atoms with Gasteiger partial charge in [0.15, 0.2) is 0 Å². The summed E-state index contributed by atoms with van der Waals surface area (Å²) in [5, 5.41) is 9.77. The number of carbonyl (C=O) groups is 2. The number of hydrogen-bond donors (Lipinski definition) is 1. The summed E-state index contributed by atoms with van der Waals surface area (Å²) >= 11 is 0. The van der Waals surface area contributed by atoms with E-state index < -0.39 is 12.0 Å². The summed E-state index contributed by atoms with van der Waals surface area (Å²) in [5.41, 5.74) is 1.63. The van der Waals surface area contributed by atoms with Gasteiger partial charge in [-0.3, -0.25) is 14.5 Å². The maximum Gasteiger partial charge on any atom is 0.325 e. The fourth-order valence-electron chi connectivity index (χ4n) is 4.06. The van der Waals surface area contributed by atoms with Crippen LogP contribution in [0.2, 0.25) is 0 Å². The molecule has 136 valence electrons. The predicted molar refractivity (Wildman–Crippen MR) is 93.1 cm³/mol. The number of hydrogen-bond acceptors (Lipinski definition) is 4. The van der Waals surface area contributed by atoms with E-state index in [1.165, 1.54) is 12.8 Å². The van der Waals surface area contributed by atoms with Gasteiger partial charge in [0.2, 0.25) is 5.91 Å². The van der Waals surface area contributed by atoms with E-state index in [1.54, 1.807) is 12.0 Å². The Kier molecular flexibility index (Phi) is 5.71. The topological polar surface area (TPSA) is 70.1 Å². The lowest BCUT2D eigenvalue weighted by molar-refractivity contribution is -0.148. The molecule has 0 radical (unpaired) electrons. The van der Waals surface area contributed by atoms with E-state index in [-0.39, 0.29) is 12.5 Å². The normalized spacial score (nSPS) is 20.8. The summed E-state index contributed by atoms with van der Waals surface area (Å²) in [7, 11) is 1.61. The van der Waals surface area contributed by atoms with E-state index in [4.69, 9.17) is 4.74 Å². The predicted octanol–water partition coefficient (Wildman–Crippen LogP) is 2.05. The Labute approximate surface area is 148 Å². The molecule has 1 heterocycles. The molecule has 0 spiro atoms. The van der Waals surface area contributed by atoms with Crippen molar-refractivity contribution in [1.82, 2.24) is 9.80 Å². The van der Waals surface area contributed by atoms with Crippen LogP contribution in [0.25, 0.3) is 0 Å². The highest BCUT2D eigenvalue weighted by molar-refractivity contribution is 5.82. The van der Waals surface area contributed by atoms with Gasteiger partial charge >= 0.3 is 5.97 Å². The van der Waals surface area contributed by atoms with E-state index in [1.807, 2.05) is 29.2 Å². The van der Waals surface area contributed by atoms with Crippen molar-refractivity contribution in [3.63, 3.8) is 0 Å². The molecule has 1 saturated heterocycles. The number of ether oxygens (including phenoxy) is 1. The molecule has 0 unspecified atom stereocenters. The number of rotatable bonds is 6. The van der Waals surface area contributed by atoms with E-state index in [9.17, 15) is 14.7 Å². The molecule has 25 heavy (non-hydrogen) atoms. The molecule has 1 atom stereocenters. The minimum absolute atomic E-state index is 0.0532. The highest BCUT2D eigenvalue weighted by Gasteiger charge is 2.36. The fraction of sp³-hybridized carbons (Fsp3) is 0.579. The van der Waals surface area contributed by atoms with Crippen LogP contribution in [0.15, 0.2) is 24.3 Å². The molecule has 1 aliphatic heterocycles. The van der Waals surface area contributed by atoms with Gasteiger partial charge in [-0.15, -0.1) is 0 Å². The molecular formula is C19H26N2O4. The molecule has 1 saturated carbocycles. The standard InChI is InChI=1S/C19H26N2O4/c1-25-13-14-5-4-6-15(11-14)18(19(23)24)20-9-10-21(17(22)12-20)16-7-2-3-8-16/h4-6,11,16,18H,2-3,7-10,12-13H2,1H3,(H,23,24)/t18-/m1/s1. The van der Waals surface area contributed by atoms with Gasteiger partial charge < -0.3 is 14.7 Å². The number of amides is 1. The summed E-state index contributed by atoms with van der Waals surface area (Å²) < 4.78 is 5.13. The number of nitrogens with zero attached hydrogens (tertiary/aromatic N) is 2. The van der Waals surface area contributed by atoms with Gasteiger partial charge in [-0.25, -0.2) is 0 Å². The van der Waals surface area contributed by atoms with Gasteiger partial charge in [0.1, 0.15) is 6.04 Å². The third kappa shape index (κ3) is 4.02. The Morgan fingerprint density at radius 2 is 2.08 bits per heavy atom. The summed E-state index contributed by atoms with van der Waals surface area (Å²) in [6, 6.07) is 6.97. The first kappa shape index (κ1) is 17.9. The lowest BCUT2D eigenvalue weighted by Gasteiger charge is -2.40. The molecule has 6 nitrogen and oxygen atoms in total. The van der Waals surface area contributed by atoms with Crippen LogP contribution in [0.4, 0.5) is 0 Å². The molecule has 2 fully saturated rings. The fourth-order valence-corrected chi connectivity index (χ4v) is 4.06. The molecule has 3 rings (SSSR count). The first-order chi connectivity index (χ1) is 12.1. The van der Waals surface area contributed by atoms with E-state index >= 15 is 0 Å². The largest absolute Gasteiger partial charge is 0.480 e. The van der Waals surface area contributed by atoms with Crippen molar-refractivity contribution in [2.45, 2.75) is 44.4 Å². The van der Waals surface area contributed by atoms with Crippen LogP contribution in [-0.2, 0) is 20.9 Å². The van der Waals surface area contributed by atoms with E-state index in [2.05, 4.69) is 0 Å². The molecule has 1 aromatic carbocycles. The minimum Gasteiger partial charge on any atom is -0.480 e. The molecule has 1 aliphatic carbocycles. The summed E-state index contributed by atoms with van der Waals surface area (Å²) in [6.07, 6.45) is 4.52. The number of carboxylic acid groups (broad SMARTS) is 1. The molecular weight excluding hydrogens is 320 g/mol. The van der Waals surface area contributed by atoms with Gasteiger partial charge in [0.05, 0.1) is 13.2 Å². The highest BCUT2D eigenvalue weighted by Crippen LogP contribution is 2.28. The summed E-state index contributed by atoms with van der Waals surface area (Å²) in [4.78, 5) is 28.2. The zero-order valence-corrected chi connectivity index (χ0v) is 14.7. The first-order valence-electron chi connectivity index (χ1n) is 8.94. The molecule has 0 bridgehead atoms. The third-order valence-corrected chi connectivity index (χ3v) is 5.23. The average molecular weight is 346 g/mol. The third-order valence-electron chi connectivity index (χ3n) is 5.23. The van der Waals surface area contributed by atoms with Crippen molar-refractivity contribution in [2.24, 2.45) is 0 Å². The number of carbonyl (C=O) groups excluding carboxylic acids is 1. The zero-order chi connectivity index (χ0) is 17.8. The van der Waals surface area contributed by atoms with Crippen LogP contribution in [0, 0.1) is 0 Å². The van der Waals surface area contributed by atoms with Crippen LogP contribution in [0.3, 0.4) is 0 Å². The number of carboxylic acids is 1. The molecule has 2 aliphatic rings. The van der Waals surface area contributed by atoms with Crippen LogP contribution < -0.4 is 0 Å². The first-order valence-corrected chi connectivity index (χ1v) is 8.94. The second-order valence-corrected chi connectivity index (χ2v) is 6.91. The average Bonchev–Trinajstić information content (AvgIpc) is 3.10. The van der Waals surface area contributed by atoms with Gasteiger partial charge in [0, 0.05) is 26.2 Å². The molecule has 1 N–H and O–H groups in total. The molecule has 6 heteroatoms. The summed E-state index contributed by atoms with van der Waals surface area (Å²) in [6.45, 7) is 1.81. The van der Waals surface area contributed by atoms with Gasteiger partial charge in [-0.1, -0.05) is 37.1 Å². The minimum atomic E-state index is -0.920. The maximum atomic E-state index is 12.6. The lowest BCUT2D eigenvalue weighted by atomic mass is 10.0. The van der Waals surface area contributed by atoms with Crippen molar-refractivity contribution in [2.75, 3.05) is 26.7 Å². The molecule has 0 aromatic heterocycles. The summed E-state index contributed by atoms with van der Waals surface area (Å²) in [5.74, 6) is -0.867. The number of piperazine rings is 1. The highest BCUT2D eigenvalue weighted by atomic mass is 16.5. The second-order valence-electron chi connectivity index (χ2n) is 6.91. The second kappa shape index (κ2) is 7.97. The van der Waals surface area contributed by atoms with Crippen molar-refractivity contribution in [3.8, 4) is 0 Å². The van der Waals surface area contributed by atoms with Crippen molar-refractivity contribution in [3.05, 3.63) is 35.4 Å². The van der Waals surface area contributed by atoms with Crippen LogP contribution in [0.5, 0.6) is 0 Å². The monoisotopic (exact) mass is 346 g/mol. The van der Waals surface area contributed by atoms with Crippen molar-refractivity contribution < 1.29 is 19.4 Å². The Morgan fingerprint density at radius 1 is 1.32 bits per heavy atom.